The van der Waals surface area contributed by atoms with Crippen molar-refractivity contribution in [3.63, 3.8) is 0 Å². The van der Waals surface area contributed by atoms with E-state index in [1.807, 2.05) is 0 Å². The van der Waals surface area contributed by atoms with Crippen molar-refractivity contribution in [3.05, 3.63) is 0 Å². The minimum Gasteiger partial charge on any atom is -0.355 e. The van der Waals surface area contributed by atoms with Gasteiger partial charge in [0.15, 0.2) is 0 Å². The van der Waals surface area contributed by atoms with Gasteiger partial charge in [-0.25, -0.2) is 0 Å². The van der Waals surface area contributed by atoms with Gasteiger partial charge in [0.1, 0.15) is 0 Å². The Kier molecular flexibility index (Phi) is 5.92. The molecule has 1 aliphatic rings. The van der Waals surface area contributed by atoms with Gasteiger partial charge in [0, 0.05) is 13.1 Å². The van der Waals surface area contributed by atoms with Crippen molar-refractivity contribution < 1.29 is 4.79 Å². The van der Waals surface area contributed by atoms with Crippen LogP contribution in [0.15, 0.2) is 0 Å². The van der Waals surface area contributed by atoms with Crippen LogP contribution >= 0.6 is 0 Å². The molecular formula is C13H27N3O. The summed E-state index contributed by atoms with van der Waals surface area (Å²) in [6, 6.07) is 0. The molecule has 4 heteroatoms. The Bertz CT molecular complexity index is 243. The van der Waals surface area contributed by atoms with Gasteiger partial charge in [-0.3, -0.25) is 9.69 Å². The maximum atomic E-state index is 11.7. The molecule has 2 unspecified atom stereocenters. The van der Waals surface area contributed by atoms with E-state index in [4.69, 9.17) is 5.73 Å². The lowest BCUT2D eigenvalue weighted by Crippen LogP contribution is -2.46. The molecule has 1 rings (SSSR count). The van der Waals surface area contributed by atoms with Crippen molar-refractivity contribution in [2.75, 3.05) is 32.7 Å². The van der Waals surface area contributed by atoms with Gasteiger partial charge in [0.2, 0.25) is 5.91 Å². The maximum absolute atomic E-state index is 11.7. The van der Waals surface area contributed by atoms with E-state index >= 15 is 0 Å². The summed E-state index contributed by atoms with van der Waals surface area (Å²) in [5.74, 6) is 1.90. The highest BCUT2D eigenvalue weighted by atomic mass is 16.2. The van der Waals surface area contributed by atoms with Crippen molar-refractivity contribution >= 4 is 5.91 Å². The number of likely N-dealkylation sites (tertiary alicyclic amines) is 1. The highest BCUT2D eigenvalue weighted by Crippen LogP contribution is 2.21. The van der Waals surface area contributed by atoms with Gasteiger partial charge in [-0.2, -0.15) is 0 Å². The van der Waals surface area contributed by atoms with Crippen LogP contribution in [0.3, 0.4) is 0 Å². The third kappa shape index (κ3) is 5.04. The molecule has 0 bridgehead atoms. The van der Waals surface area contributed by atoms with Gasteiger partial charge in [-0.05, 0) is 37.3 Å². The third-order valence-corrected chi connectivity index (χ3v) is 3.54. The summed E-state index contributed by atoms with van der Waals surface area (Å²) in [4.78, 5) is 13.9. The van der Waals surface area contributed by atoms with E-state index in [-0.39, 0.29) is 5.91 Å². The SMILES string of the molecule is CC(C)CNC(=O)CN1CCC(CN)C(C)C1. The molecule has 1 saturated heterocycles. The number of hydrogen-bond donors (Lipinski definition) is 2. The number of nitrogens with one attached hydrogen (secondary N) is 1. The van der Waals surface area contributed by atoms with E-state index in [1.54, 1.807) is 0 Å². The lowest BCUT2D eigenvalue weighted by atomic mass is 9.87. The largest absolute Gasteiger partial charge is 0.355 e. The molecule has 0 aromatic rings. The van der Waals surface area contributed by atoms with E-state index in [0.29, 0.717) is 24.3 Å². The number of nitrogens with zero attached hydrogens (tertiary/aromatic N) is 1. The zero-order valence-corrected chi connectivity index (χ0v) is 11.4. The zero-order chi connectivity index (χ0) is 12.8. The second kappa shape index (κ2) is 6.97. The van der Waals surface area contributed by atoms with Crippen molar-refractivity contribution in [3.8, 4) is 0 Å². The Morgan fingerprint density at radius 1 is 1.53 bits per heavy atom. The number of nitrogens with two attached hydrogens (primary N) is 1. The first-order chi connectivity index (χ1) is 8.02. The molecule has 1 amide bonds. The molecule has 0 spiro atoms. The van der Waals surface area contributed by atoms with Crippen molar-refractivity contribution in [2.45, 2.75) is 27.2 Å². The van der Waals surface area contributed by atoms with Crippen molar-refractivity contribution in [1.29, 1.82) is 0 Å². The summed E-state index contributed by atoms with van der Waals surface area (Å²) < 4.78 is 0. The number of hydrogen-bond acceptors (Lipinski definition) is 3. The molecule has 1 aliphatic heterocycles. The van der Waals surface area contributed by atoms with Gasteiger partial charge in [0.05, 0.1) is 6.54 Å². The first-order valence-corrected chi connectivity index (χ1v) is 6.72. The average molecular weight is 241 g/mol. The maximum Gasteiger partial charge on any atom is 0.234 e. The zero-order valence-electron chi connectivity index (χ0n) is 11.4. The first kappa shape index (κ1) is 14.5. The minimum absolute atomic E-state index is 0.150. The average Bonchev–Trinajstić information content (AvgIpc) is 2.26. The van der Waals surface area contributed by atoms with Gasteiger partial charge in [0.25, 0.3) is 0 Å². The molecule has 0 radical (unpaired) electrons. The molecular weight excluding hydrogens is 214 g/mol. The molecule has 0 aromatic heterocycles. The molecule has 2 atom stereocenters. The Morgan fingerprint density at radius 2 is 2.24 bits per heavy atom. The summed E-state index contributed by atoms with van der Waals surface area (Å²) in [6.07, 6.45) is 1.12. The molecule has 1 heterocycles. The monoisotopic (exact) mass is 241 g/mol. The van der Waals surface area contributed by atoms with Crippen LogP contribution in [0.1, 0.15) is 27.2 Å². The summed E-state index contributed by atoms with van der Waals surface area (Å²) in [5, 5.41) is 2.96. The van der Waals surface area contributed by atoms with Crippen LogP contribution in [0, 0.1) is 17.8 Å². The van der Waals surface area contributed by atoms with Crippen LogP contribution in [0.4, 0.5) is 0 Å². The van der Waals surface area contributed by atoms with Crippen LogP contribution < -0.4 is 11.1 Å². The Hall–Kier alpha value is -0.610. The van der Waals surface area contributed by atoms with Crippen LogP contribution in [0.5, 0.6) is 0 Å². The minimum atomic E-state index is 0.150. The van der Waals surface area contributed by atoms with Gasteiger partial charge < -0.3 is 11.1 Å². The third-order valence-electron chi connectivity index (χ3n) is 3.54. The van der Waals surface area contributed by atoms with Gasteiger partial charge in [-0.1, -0.05) is 20.8 Å². The highest BCUT2D eigenvalue weighted by molar-refractivity contribution is 5.78. The molecule has 3 N–H and O–H groups in total. The van der Waals surface area contributed by atoms with Crippen LogP contribution in [0.2, 0.25) is 0 Å². The number of piperidine rings is 1. The predicted molar refractivity (Wildman–Crippen MR) is 70.6 cm³/mol. The van der Waals surface area contributed by atoms with E-state index in [9.17, 15) is 4.79 Å². The Balaban J connectivity index is 2.26. The number of carbonyl (C=O) groups excluding carboxylic acids is 1. The fourth-order valence-corrected chi connectivity index (χ4v) is 2.35. The molecule has 4 nitrogen and oxygen atoms in total. The lowest BCUT2D eigenvalue weighted by molar-refractivity contribution is -0.123. The number of amides is 1. The van der Waals surface area contributed by atoms with Crippen LogP contribution in [0.25, 0.3) is 0 Å². The fourth-order valence-electron chi connectivity index (χ4n) is 2.35. The van der Waals surface area contributed by atoms with Crippen LogP contribution in [-0.4, -0.2) is 43.5 Å². The summed E-state index contributed by atoms with van der Waals surface area (Å²) in [5.41, 5.74) is 5.72. The molecule has 0 aliphatic carbocycles. The normalized spacial score (nSPS) is 26.2. The highest BCUT2D eigenvalue weighted by Gasteiger charge is 2.25. The summed E-state index contributed by atoms with van der Waals surface area (Å²) >= 11 is 0. The molecule has 1 fully saturated rings. The van der Waals surface area contributed by atoms with Crippen molar-refractivity contribution in [2.24, 2.45) is 23.5 Å². The van der Waals surface area contributed by atoms with Crippen molar-refractivity contribution in [1.82, 2.24) is 10.2 Å². The molecule has 17 heavy (non-hydrogen) atoms. The van der Waals surface area contributed by atoms with Gasteiger partial charge in [-0.15, -0.1) is 0 Å². The predicted octanol–water partition coefficient (Wildman–Crippen LogP) is 0.675. The second-order valence-corrected chi connectivity index (χ2v) is 5.69. The van der Waals surface area contributed by atoms with E-state index in [0.717, 1.165) is 32.6 Å². The smallest absolute Gasteiger partial charge is 0.234 e. The van der Waals surface area contributed by atoms with Gasteiger partial charge >= 0.3 is 0 Å². The molecule has 0 saturated carbocycles. The standard InChI is InChI=1S/C13H27N3O/c1-10(2)7-15-13(17)9-16-5-4-12(6-14)11(3)8-16/h10-12H,4-9,14H2,1-3H3,(H,15,17). The van der Waals surface area contributed by atoms with E-state index in [2.05, 4.69) is 31.0 Å². The quantitative estimate of drug-likeness (QED) is 0.744. The number of rotatable bonds is 5. The Labute approximate surface area is 105 Å². The fraction of sp³-hybridized carbons (Fsp3) is 0.923. The van der Waals surface area contributed by atoms with E-state index in [1.165, 1.54) is 0 Å². The number of carbonyl (C=O) groups is 1. The Morgan fingerprint density at radius 3 is 2.76 bits per heavy atom. The second-order valence-electron chi connectivity index (χ2n) is 5.69. The summed E-state index contributed by atoms with van der Waals surface area (Å²) in [7, 11) is 0. The molecule has 0 aromatic carbocycles. The summed E-state index contributed by atoms with van der Waals surface area (Å²) in [6.45, 7) is 10.5. The molecule has 100 valence electrons. The van der Waals surface area contributed by atoms with E-state index < -0.39 is 0 Å². The lowest BCUT2D eigenvalue weighted by Gasteiger charge is -2.36. The topological polar surface area (TPSA) is 58.4 Å². The first-order valence-electron chi connectivity index (χ1n) is 6.72. The van der Waals surface area contributed by atoms with Crippen LogP contribution in [-0.2, 0) is 4.79 Å².